The maximum atomic E-state index is 10.4. The van der Waals surface area contributed by atoms with E-state index in [1.54, 1.807) is 0 Å². The summed E-state index contributed by atoms with van der Waals surface area (Å²) in [6.45, 7) is 1.98. The van der Waals surface area contributed by atoms with Crippen LogP contribution in [0.25, 0.3) is 0 Å². The Morgan fingerprint density at radius 1 is 0.875 bits per heavy atom. The van der Waals surface area contributed by atoms with Gasteiger partial charge in [0.1, 0.15) is 0 Å². The number of aliphatic hydroxyl groups excluding tert-OH is 3. The molecule has 24 heavy (non-hydrogen) atoms. The molecule has 1 heterocycles. The van der Waals surface area contributed by atoms with Crippen LogP contribution in [0.3, 0.4) is 0 Å². The van der Waals surface area contributed by atoms with Crippen LogP contribution >= 0.6 is 0 Å². The van der Waals surface area contributed by atoms with Crippen LogP contribution in [0.5, 0.6) is 0 Å². The van der Waals surface area contributed by atoms with Crippen LogP contribution < -0.4 is 0 Å². The minimum Gasteiger partial charge on any atom is -0.481 e. The Bertz CT molecular complexity index is 339. The highest BCUT2D eigenvalue weighted by Crippen LogP contribution is 2.18. The number of piperidine rings is 1. The van der Waals surface area contributed by atoms with Gasteiger partial charge in [-0.2, -0.15) is 0 Å². The lowest BCUT2D eigenvalue weighted by atomic mass is 9.93. The van der Waals surface area contributed by atoms with Crippen LogP contribution in [0, 0.1) is 5.92 Å². The first kappa shape index (κ1) is 21.4. The van der Waals surface area contributed by atoms with E-state index in [1.165, 1.54) is 25.7 Å². The summed E-state index contributed by atoms with van der Waals surface area (Å²) < 4.78 is 0. The minimum absolute atomic E-state index is 0.0822. The summed E-state index contributed by atoms with van der Waals surface area (Å²) in [5.41, 5.74) is 0. The predicted molar refractivity (Wildman–Crippen MR) is 92.8 cm³/mol. The third-order valence-electron chi connectivity index (χ3n) is 4.91. The van der Waals surface area contributed by atoms with Crippen LogP contribution in [0.1, 0.15) is 64.2 Å². The Morgan fingerprint density at radius 2 is 1.42 bits per heavy atom. The van der Waals surface area contributed by atoms with Gasteiger partial charge in [0.25, 0.3) is 0 Å². The lowest BCUT2D eigenvalue weighted by Crippen LogP contribution is -2.53. The van der Waals surface area contributed by atoms with Gasteiger partial charge in [-0.1, -0.05) is 44.9 Å². The number of unbranched alkanes of at least 4 members (excludes halogenated alkanes) is 8. The molecule has 1 fully saturated rings. The summed E-state index contributed by atoms with van der Waals surface area (Å²) in [5, 5.41) is 37.4. The number of β-amino-alcohol motifs (C(OH)–C–C–N with tert-alkyl or cyclic N) is 1. The Balaban J connectivity index is 1.92. The van der Waals surface area contributed by atoms with Gasteiger partial charge < -0.3 is 25.3 Å². The fraction of sp³-hybridized carbons (Fsp3) is 0.944. The first-order valence-electron chi connectivity index (χ1n) is 9.45. The van der Waals surface area contributed by atoms with Gasteiger partial charge in [-0.3, -0.25) is 4.79 Å². The van der Waals surface area contributed by atoms with E-state index in [0.717, 1.165) is 38.6 Å². The SMILES string of the molecule is O=C(O)CCCCCCCCCCCN1C[C@H](CO)[C@@H](O)[C@H](O)C1. The van der Waals surface area contributed by atoms with Crippen LogP contribution in [0.4, 0.5) is 0 Å². The van der Waals surface area contributed by atoms with E-state index in [2.05, 4.69) is 4.90 Å². The second-order valence-electron chi connectivity index (χ2n) is 7.09. The molecule has 1 saturated heterocycles. The number of carboxylic acids is 1. The molecule has 1 rings (SSSR count). The number of aliphatic carboxylic acids is 1. The topological polar surface area (TPSA) is 101 Å². The first-order valence-corrected chi connectivity index (χ1v) is 9.45. The van der Waals surface area contributed by atoms with Gasteiger partial charge >= 0.3 is 5.97 Å². The Hall–Kier alpha value is -0.690. The highest BCUT2D eigenvalue weighted by atomic mass is 16.4. The molecule has 0 aromatic rings. The molecule has 6 nitrogen and oxygen atoms in total. The van der Waals surface area contributed by atoms with E-state index in [4.69, 9.17) is 5.11 Å². The number of aliphatic hydroxyl groups is 3. The number of hydrogen-bond donors (Lipinski definition) is 4. The van der Waals surface area contributed by atoms with Gasteiger partial charge in [0, 0.05) is 32.0 Å². The molecule has 0 unspecified atom stereocenters. The quantitative estimate of drug-likeness (QED) is 0.378. The second-order valence-corrected chi connectivity index (χ2v) is 7.09. The lowest BCUT2D eigenvalue weighted by molar-refractivity contribution is -0.137. The van der Waals surface area contributed by atoms with Crippen molar-refractivity contribution in [1.82, 2.24) is 4.90 Å². The zero-order valence-corrected chi connectivity index (χ0v) is 14.8. The lowest BCUT2D eigenvalue weighted by Gasteiger charge is -2.38. The molecule has 0 bridgehead atoms. The average Bonchev–Trinajstić information content (AvgIpc) is 2.55. The van der Waals surface area contributed by atoms with Crippen LogP contribution in [0.15, 0.2) is 0 Å². The minimum atomic E-state index is -0.804. The van der Waals surface area contributed by atoms with Crippen molar-refractivity contribution >= 4 is 5.97 Å². The van der Waals surface area contributed by atoms with E-state index in [0.29, 0.717) is 19.5 Å². The van der Waals surface area contributed by atoms with E-state index in [1.807, 2.05) is 0 Å². The molecule has 1 aliphatic rings. The van der Waals surface area contributed by atoms with Crippen molar-refractivity contribution in [1.29, 1.82) is 0 Å². The van der Waals surface area contributed by atoms with Crippen molar-refractivity contribution < 1.29 is 25.2 Å². The third-order valence-corrected chi connectivity index (χ3v) is 4.91. The van der Waals surface area contributed by atoms with E-state index in [-0.39, 0.29) is 12.5 Å². The molecule has 4 N–H and O–H groups in total. The van der Waals surface area contributed by atoms with Crippen molar-refractivity contribution in [3.63, 3.8) is 0 Å². The maximum Gasteiger partial charge on any atom is 0.303 e. The zero-order chi connectivity index (χ0) is 17.8. The number of rotatable bonds is 13. The van der Waals surface area contributed by atoms with E-state index in [9.17, 15) is 20.1 Å². The van der Waals surface area contributed by atoms with Crippen LogP contribution in [-0.2, 0) is 4.79 Å². The van der Waals surface area contributed by atoms with Gasteiger partial charge in [-0.05, 0) is 19.4 Å². The predicted octanol–water partition coefficient (Wildman–Crippen LogP) is 1.62. The van der Waals surface area contributed by atoms with Gasteiger partial charge in [-0.15, -0.1) is 0 Å². The molecule has 0 spiro atoms. The maximum absolute atomic E-state index is 10.4. The van der Waals surface area contributed by atoms with Gasteiger partial charge in [0.2, 0.25) is 0 Å². The van der Waals surface area contributed by atoms with E-state index >= 15 is 0 Å². The molecular weight excluding hydrogens is 310 g/mol. The number of carbonyl (C=O) groups is 1. The van der Waals surface area contributed by atoms with Gasteiger partial charge in [0.15, 0.2) is 0 Å². The zero-order valence-electron chi connectivity index (χ0n) is 14.8. The number of carboxylic acid groups (broad SMARTS) is 1. The molecule has 0 aromatic carbocycles. The van der Waals surface area contributed by atoms with Crippen molar-refractivity contribution in [2.45, 2.75) is 76.4 Å². The summed E-state index contributed by atoms with van der Waals surface area (Å²) >= 11 is 0. The Kier molecular flexibility index (Phi) is 11.2. The normalized spacial score (nSPS) is 25.0. The second kappa shape index (κ2) is 12.6. The molecule has 0 aliphatic carbocycles. The summed E-state index contributed by atoms with van der Waals surface area (Å²) in [6.07, 6.45) is 8.75. The third kappa shape index (κ3) is 8.97. The molecule has 3 atom stereocenters. The molecule has 0 aromatic heterocycles. The summed E-state index contributed by atoms with van der Waals surface area (Å²) in [5.74, 6) is -0.939. The van der Waals surface area contributed by atoms with Crippen molar-refractivity contribution in [2.75, 3.05) is 26.2 Å². The molecule has 0 amide bonds. The molecule has 0 radical (unpaired) electrons. The standard InChI is InChI=1S/C18H35NO5/c20-14-15-12-19(13-16(21)18(15)24)11-9-7-5-3-1-2-4-6-8-10-17(22)23/h15-16,18,20-21,24H,1-14H2,(H,22,23)/t15-,16-,18-/m1/s1. The fourth-order valence-electron chi connectivity index (χ4n) is 3.40. The molecular formula is C18H35NO5. The summed E-state index contributed by atoms with van der Waals surface area (Å²) in [7, 11) is 0. The molecule has 1 aliphatic heterocycles. The van der Waals surface area contributed by atoms with Gasteiger partial charge in [0.05, 0.1) is 12.2 Å². The Labute approximate surface area is 145 Å². The summed E-state index contributed by atoms with van der Waals surface area (Å²) in [4.78, 5) is 12.5. The Morgan fingerprint density at radius 3 is 1.96 bits per heavy atom. The molecule has 142 valence electrons. The number of likely N-dealkylation sites (tertiary alicyclic amines) is 1. The average molecular weight is 345 g/mol. The summed E-state index contributed by atoms with van der Waals surface area (Å²) in [6, 6.07) is 0. The fourth-order valence-corrected chi connectivity index (χ4v) is 3.40. The number of nitrogens with zero attached hydrogens (tertiary/aromatic N) is 1. The largest absolute Gasteiger partial charge is 0.481 e. The van der Waals surface area contributed by atoms with Gasteiger partial charge in [-0.25, -0.2) is 0 Å². The highest BCUT2D eigenvalue weighted by Gasteiger charge is 2.33. The molecule has 6 heteroatoms. The van der Waals surface area contributed by atoms with Crippen molar-refractivity contribution in [3.8, 4) is 0 Å². The highest BCUT2D eigenvalue weighted by molar-refractivity contribution is 5.66. The van der Waals surface area contributed by atoms with Crippen molar-refractivity contribution in [3.05, 3.63) is 0 Å². The van der Waals surface area contributed by atoms with Crippen molar-refractivity contribution in [2.24, 2.45) is 5.92 Å². The van der Waals surface area contributed by atoms with E-state index < -0.39 is 18.2 Å². The monoisotopic (exact) mass is 345 g/mol. The number of hydrogen-bond acceptors (Lipinski definition) is 5. The van der Waals surface area contributed by atoms with Crippen LogP contribution in [-0.4, -0.2) is 69.7 Å². The first-order chi connectivity index (χ1) is 11.5. The smallest absolute Gasteiger partial charge is 0.303 e. The molecule has 0 saturated carbocycles. The van der Waals surface area contributed by atoms with Crippen LogP contribution in [0.2, 0.25) is 0 Å².